The Morgan fingerprint density at radius 2 is 1.62 bits per heavy atom. The Morgan fingerprint density at radius 3 is 2.24 bits per heavy atom. The lowest BCUT2D eigenvalue weighted by Crippen LogP contribution is -2.34. The number of benzene rings is 1. The van der Waals surface area contributed by atoms with Crippen molar-refractivity contribution in [3.63, 3.8) is 0 Å². The maximum Gasteiger partial charge on any atom is 0.328 e. The second-order valence-electron chi connectivity index (χ2n) is 4.16. The first kappa shape index (κ1) is 16.2. The highest BCUT2D eigenvalue weighted by Crippen LogP contribution is 2.09. The molecule has 0 radical (unpaired) electrons. The summed E-state index contributed by atoms with van der Waals surface area (Å²) in [4.78, 5) is 32.9. The Labute approximate surface area is 121 Å². The Bertz CT molecular complexity index is 537. The second-order valence-corrected chi connectivity index (χ2v) is 4.16. The number of carboxylic acid groups (broad SMARTS) is 1. The number of hydrogen-bond donors (Lipinski definition) is 4. The number of nitrogens with one attached hydrogen (secondary N) is 2. The SMILES string of the molecule is O=C(O)C=CC(=O)NCCNC(=O)Cc1ccc(O)cc1. The fourth-order valence-corrected chi connectivity index (χ4v) is 1.46. The standard InChI is InChI=1S/C14H16N2O5/c17-11-3-1-10(2-4-11)9-13(19)16-8-7-15-12(18)5-6-14(20)21/h1-6,17H,7-9H2,(H,15,18)(H,16,19)(H,20,21). The number of phenols is 1. The summed E-state index contributed by atoms with van der Waals surface area (Å²) >= 11 is 0. The number of carbonyl (C=O) groups excluding carboxylic acids is 2. The summed E-state index contributed by atoms with van der Waals surface area (Å²) in [7, 11) is 0. The monoisotopic (exact) mass is 292 g/mol. The van der Waals surface area contributed by atoms with Crippen molar-refractivity contribution in [1.82, 2.24) is 10.6 Å². The first-order valence-corrected chi connectivity index (χ1v) is 6.21. The van der Waals surface area contributed by atoms with Gasteiger partial charge in [-0.05, 0) is 17.7 Å². The highest BCUT2D eigenvalue weighted by Gasteiger charge is 2.03. The zero-order valence-corrected chi connectivity index (χ0v) is 11.2. The third kappa shape index (κ3) is 7.36. The molecule has 21 heavy (non-hydrogen) atoms. The lowest BCUT2D eigenvalue weighted by atomic mass is 10.1. The molecule has 7 nitrogen and oxygen atoms in total. The fourth-order valence-electron chi connectivity index (χ4n) is 1.46. The lowest BCUT2D eigenvalue weighted by Gasteiger charge is -2.06. The molecule has 0 fully saturated rings. The zero-order valence-electron chi connectivity index (χ0n) is 11.2. The molecule has 7 heteroatoms. The van der Waals surface area contributed by atoms with Crippen molar-refractivity contribution in [2.75, 3.05) is 13.1 Å². The van der Waals surface area contributed by atoms with Crippen LogP contribution in [0.3, 0.4) is 0 Å². The molecule has 2 amide bonds. The Hall–Kier alpha value is -2.83. The molecule has 0 heterocycles. The summed E-state index contributed by atoms with van der Waals surface area (Å²) in [6.45, 7) is 0.438. The van der Waals surface area contributed by atoms with E-state index in [1.54, 1.807) is 12.1 Å². The van der Waals surface area contributed by atoms with E-state index in [0.717, 1.165) is 17.7 Å². The molecule has 0 aromatic heterocycles. The number of carbonyl (C=O) groups is 3. The lowest BCUT2D eigenvalue weighted by molar-refractivity contribution is -0.131. The number of aromatic hydroxyl groups is 1. The van der Waals surface area contributed by atoms with Crippen LogP contribution >= 0.6 is 0 Å². The van der Waals surface area contributed by atoms with Gasteiger partial charge in [-0.1, -0.05) is 12.1 Å². The van der Waals surface area contributed by atoms with E-state index < -0.39 is 11.9 Å². The summed E-state index contributed by atoms with van der Waals surface area (Å²) in [6.07, 6.45) is 1.81. The Morgan fingerprint density at radius 1 is 1.00 bits per heavy atom. The van der Waals surface area contributed by atoms with Gasteiger partial charge < -0.3 is 20.8 Å². The quantitative estimate of drug-likeness (QED) is 0.410. The number of hydrogen-bond acceptors (Lipinski definition) is 4. The molecule has 0 aliphatic heterocycles. The smallest absolute Gasteiger partial charge is 0.328 e. The van der Waals surface area contributed by atoms with Crippen LogP contribution in [0.1, 0.15) is 5.56 Å². The van der Waals surface area contributed by atoms with Gasteiger partial charge in [0, 0.05) is 25.2 Å². The molecule has 0 atom stereocenters. The molecule has 0 spiro atoms. The van der Waals surface area contributed by atoms with E-state index in [4.69, 9.17) is 10.2 Å². The maximum absolute atomic E-state index is 11.6. The van der Waals surface area contributed by atoms with Crippen molar-refractivity contribution in [3.8, 4) is 5.75 Å². The molecule has 0 saturated carbocycles. The molecule has 0 saturated heterocycles. The summed E-state index contributed by atoms with van der Waals surface area (Å²) in [5, 5.41) is 22.5. The molecule has 1 aromatic carbocycles. The van der Waals surface area contributed by atoms with Crippen LogP contribution in [0.15, 0.2) is 36.4 Å². The van der Waals surface area contributed by atoms with E-state index in [1.807, 2.05) is 0 Å². The molecule has 0 aliphatic rings. The predicted molar refractivity (Wildman–Crippen MR) is 74.6 cm³/mol. The van der Waals surface area contributed by atoms with Gasteiger partial charge in [0.2, 0.25) is 11.8 Å². The van der Waals surface area contributed by atoms with Gasteiger partial charge in [0.05, 0.1) is 6.42 Å². The van der Waals surface area contributed by atoms with Gasteiger partial charge in [-0.3, -0.25) is 9.59 Å². The van der Waals surface area contributed by atoms with Crippen LogP contribution in [0, 0.1) is 0 Å². The first-order chi connectivity index (χ1) is 9.97. The van der Waals surface area contributed by atoms with Gasteiger partial charge in [0.1, 0.15) is 5.75 Å². The number of rotatable bonds is 7. The minimum absolute atomic E-state index is 0.135. The second kappa shape index (κ2) is 8.36. The van der Waals surface area contributed by atoms with Crippen LogP contribution < -0.4 is 10.6 Å². The predicted octanol–water partition coefficient (Wildman–Crippen LogP) is -0.192. The normalized spacial score (nSPS) is 10.3. The molecule has 0 bridgehead atoms. The molecule has 112 valence electrons. The van der Waals surface area contributed by atoms with E-state index in [-0.39, 0.29) is 31.2 Å². The van der Waals surface area contributed by atoms with Gasteiger partial charge in [-0.15, -0.1) is 0 Å². The summed E-state index contributed by atoms with van der Waals surface area (Å²) in [5.41, 5.74) is 0.763. The summed E-state index contributed by atoms with van der Waals surface area (Å²) in [5.74, 6) is -1.81. The van der Waals surface area contributed by atoms with Crippen LogP contribution in [0.25, 0.3) is 0 Å². The molecule has 0 unspecified atom stereocenters. The van der Waals surface area contributed by atoms with Crippen molar-refractivity contribution in [2.24, 2.45) is 0 Å². The minimum Gasteiger partial charge on any atom is -0.508 e. The maximum atomic E-state index is 11.6. The van der Waals surface area contributed by atoms with E-state index >= 15 is 0 Å². The molecule has 4 N–H and O–H groups in total. The van der Waals surface area contributed by atoms with E-state index in [9.17, 15) is 14.4 Å². The zero-order chi connectivity index (χ0) is 15.7. The summed E-state index contributed by atoms with van der Waals surface area (Å²) < 4.78 is 0. The average Bonchev–Trinajstić information content (AvgIpc) is 2.44. The molecule has 1 rings (SSSR count). The van der Waals surface area contributed by atoms with Crippen molar-refractivity contribution in [3.05, 3.63) is 42.0 Å². The number of aliphatic carboxylic acids is 1. The van der Waals surface area contributed by atoms with Crippen LogP contribution in [-0.2, 0) is 20.8 Å². The van der Waals surface area contributed by atoms with Crippen LogP contribution in [0.5, 0.6) is 5.75 Å². The largest absolute Gasteiger partial charge is 0.508 e. The number of amides is 2. The van der Waals surface area contributed by atoms with Gasteiger partial charge >= 0.3 is 5.97 Å². The topological polar surface area (TPSA) is 116 Å². The minimum atomic E-state index is -1.20. The van der Waals surface area contributed by atoms with E-state index in [1.165, 1.54) is 12.1 Å². The van der Waals surface area contributed by atoms with E-state index in [2.05, 4.69) is 10.6 Å². The number of phenolic OH excluding ortho intramolecular Hbond substituents is 1. The van der Waals surface area contributed by atoms with Gasteiger partial charge in [0.15, 0.2) is 0 Å². The van der Waals surface area contributed by atoms with Crippen molar-refractivity contribution in [1.29, 1.82) is 0 Å². The van der Waals surface area contributed by atoms with Gasteiger partial charge in [-0.25, -0.2) is 4.79 Å². The first-order valence-electron chi connectivity index (χ1n) is 6.21. The van der Waals surface area contributed by atoms with Crippen LogP contribution in [0.4, 0.5) is 0 Å². The van der Waals surface area contributed by atoms with E-state index in [0.29, 0.717) is 0 Å². The third-order valence-corrected chi connectivity index (χ3v) is 2.42. The Kier molecular flexibility index (Phi) is 6.46. The van der Waals surface area contributed by atoms with Crippen LogP contribution in [0.2, 0.25) is 0 Å². The summed E-state index contributed by atoms with van der Waals surface area (Å²) in [6, 6.07) is 6.29. The van der Waals surface area contributed by atoms with Crippen molar-refractivity contribution in [2.45, 2.75) is 6.42 Å². The number of carboxylic acids is 1. The molecule has 1 aromatic rings. The van der Waals surface area contributed by atoms with Crippen molar-refractivity contribution < 1.29 is 24.6 Å². The molecular formula is C14H16N2O5. The highest BCUT2D eigenvalue weighted by atomic mass is 16.4. The fraction of sp³-hybridized carbons (Fsp3) is 0.214. The molecular weight excluding hydrogens is 276 g/mol. The molecule has 0 aliphatic carbocycles. The average molecular weight is 292 g/mol. The highest BCUT2D eigenvalue weighted by molar-refractivity contribution is 5.93. The third-order valence-electron chi connectivity index (χ3n) is 2.42. The van der Waals surface area contributed by atoms with Crippen molar-refractivity contribution >= 4 is 17.8 Å². The van der Waals surface area contributed by atoms with Gasteiger partial charge in [0.25, 0.3) is 0 Å². The Balaban J connectivity index is 2.20. The van der Waals surface area contributed by atoms with Crippen LogP contribution in [-0.4, -0.2) is 41.1 Å². The van der Waals surface area contributed by atoms with Gasteiger partial charge in [-0.2, -0.15) is 0 Å².